The topological polar surface area (TPSA) is 82.4 Å². The molecule has 8 nitrogen and oxygen atoms in total. The zero-order valence-electron chi connectivity index (χ0n) is 19.5. The first-order valence-electron chi connectivity index (χ1n) is 10.9. The largest absolute Gasteiger partial charge is 0.495 e. The molecule has 5 aromatic rings. The molecular formula is C26H23N5O3S. The van der Waals surface area contributed by atoms with Gasteiger partial charge in [-0.1, -0.05) is 35.6 Å². The molecule has 0 saturated heterocycles. The van der Waals surface area contributed by atoms with E-state index in [9.17, 15) is 4.79 Å². The molecule has 35 heavy (non-hydrogen) atoms. The number of methoxy groups -OCH3 is 2. The molecule has 0 atom stereocenters. The highest BCUT2D eigenvalue weighted by atomic mass is 32.1. The lowest BCUT2D eigenvalue weighted by Crippen LogP contribution is -2.30. The maximum atomic E-state index is 14.0. The Morgan fingerprint density at radius 1 is 1.00 bits per heavy atom. The van der Waals surface area contributed by atoms with Gasteiger partial charge in [0.1, 0.15) is 21.7 Å². The number of aromatic nitrogens is 4. The number of para-hydroxylation sites is 1. The van der Waals surface area contributed by atoms with Crippen LogP contribution in [-0.4, -0.2) is 39.9 Å². The highest BCUT2D eigenvalue weighted by Gasteiger charge is 2.27. The minimum atomic E-state index is -0.203. The van der Waals surface area contributed by atoms with E-state index in [1.807, 2.05) is 61.5 Å². The fraction of sp³-hybridized carbons (Fsp3) is 0.154. The Labute approximate surface area is 206 Å². The van der Waals surface area contributed by atoms with Crippen molar-refractivity contribution in [1.82, 2.24) is 19.7 Å². The van der Waals surface area contributed by atoms with Crippen LogP contribution >= 0.6 is 11.3 Å². The summed E-state index contributed by atoms with van der Waals surface area (Å²) in [7, 11) is 3.21. The Hall–Kier alpha value is -4.24. The summed E-state index contributed by atoms with van der Waals surface area (Å²) in [6.45, 7) is 2.19. The van der Waals surface area contributed by atoms with Crippen molar-refractivity contribution in [2.24, 2.45) is 0 Å². The van der Waals surface area contributed by atoms with Gasteiger partial charge in [0.05, 0.1) is 43.9 Å². The molecule has 0 aliphatic heterocycles. The van der Waals surface area contributed by atoms with Gasteiger partial charge >= 0.3 is 0 Å². The van der Waals surface area contributed by atoms with E-state index >= 15 is 0 Å². The summed E-state index contributed by atoms with van der Waals surface area (Å²) >= 11 is 1.38. The number of amides is 1. The molecule has 0 unspecified atom stereocenters. The van der Waals surface area contributed by atoms with Gasteiger partial charge in [-0.2, -0.15) is 5.10 Å². The van der Waals surface area contributed by atoms with E-state index in [1.54, 1.807) is 42.4 Å². The fourth-order valence-corrected chi connectivity index (χ4v) is 4.96. The SMILES string of the molecule is COc1ccc(OC)c2sc(N(Cc3cccnc3)C(=O)c3cnn(-c4ccccc4)c3C)nc12. The highest BCUT2D eigenvalue weighted by molar-refractivity contribution is 7.22. The van der Waals surface area contributed by atoms with Gasteiger partial charge in [0.2, 0.25) is 0 Å². The van der Waals surface area contributed by atoms with Crippen molar-refractivity contribution in [2.75, 3.05) is 19.1 Å². The molecule has 0 spiro atoms. The van der Waals surface area contributed by atoms with Crippen molar-refractivity contribution in [3.05, 3.63) is 90.0 Å². The van der Waals surface area contributed by atoms with Gasteiger partial charge in [-0.25, -0.2) is 9.67 Å². The Kier molecular flexibility index (Phi) is 6.15. The minimum Gasteiger partial charge on any atom is -0.495 e. The van der Waals surface area contributed by atoms with Crippen LogP contribution in [0.3, 0.4) is 0 Å². The normalized spacial score (nSPS) is 10.9. The van der Waals surface area contributed by atoms with E-state index in [2.05, 4.69) is 10.1 Å². The third kappa shape index (κ3) is 4.22. The van der Waals surface area contributed by atoms with E-state index in [-0.39, 0.29) is 5.91 Å². The number of thiazole rings is 1. The minimum absolute atomic E-state index is 0.203. The number of nitrogens with zero attached hydrogens (tertiary/aromatic N) is 5. The van der Waals surface area contributed by atoms with Crippen LogP contribution < -0.4 is 14.4 Å². The number of carbonyl (C=O) groups excluding carboxylic acids is 1. The molecular weight excluding hydrogens is 462 g/mol. The second kappa shape index (κ2) is 9.55. The maximum Gasteiger partial charge on any atom is 0.263 e. The fourth-order valence-electron chi connectivity index (χ4n) is 3.88. The molecule has 176 valence electrons. The molecule has 0 saturated carbocycles. The predicted molar refractivity (Wildman–Crippen MR) is 136 cm³/mol. The molecule has 0 radical (unpaired) electrons. The number of hydrogen-bond donors (Lipinski definition) is 0. The van der Waals surface area contributed by atoms with Gasteiger partial charge in [-0.3, -0.25) is 14.7 Å². The smallest absolute Gasteiger partial charge is 0.263 e. The molecule has 0 N–H and O–H groups in total. The van der Waals surface area contributed by atoms with Gasteiger partial charge in [0.15, 0.2) is 5.13 Å². The standard InChI is InChI=1S/C26H23N5O3S/c1-17-20(15-28-31(17)19-9-5-4-6-10-19)25(32)30(16-18-8-7-13-27-14-18)26-29-23-21(33-2)11-12-22(34-3)24(23)35-26/h4-15H,16H2,1-3H3. The van der Waals surface area contributed by atoms with Gasteiger partial charge < -0.3 is 9.47 Å². The molecule has 0 aliphatic carbocycles. The summed E-state index contributed by atoms with van der Waals surface area (Å²) in [5.74, 6) is 1.09. The number of benzene rings is 2. The Morgan fingerprint density at radius 3 is 2.49 bits per heavy atom. The maximum absolute atomic E-state index is 14.0. The van der Waals surface area contributed by atoms with Crippen LogP contribution in [0.25, 0.3) is 15.9 Å². The molecule has 2 aromatic carbocycles. The van der Waals surface area contributed by atoms with Crippen molar-refractivity contribution in [1.29, 1.82) is 0 Å². The van der Waals surface area contributed by atoms with E-state index in [0.717, 1.165) is 21.6 Å². The molecule has 0 aliphatic rings. The summed E-state index contributed by atoms with van der Waals surface area (Å²) < 4.78 is 13.6. The van der Waals surface area contributed by atoms with Crippen molar-refractivity contribution < 1.29 is 14.3 Å². The zero-order valence-corrected chi connectivity index (χ0v) is 20.3. The first-order chi connectivity index (χ1) is 17.1. The molecule has 0 fully saturated rings. The number of pyridine rings is 1. The summed E-state index contributed by atoms with van der Waals surface area (Å²) in [4.78, 5) is 24.6. The van der Waals surface area contributed by atoms with Crippen LogP contribution in [0.4, 0.5) is 5.13 Å². The van der Waals surface area contributed by atoms with Gasteiger partial charge in [-0.15, -0.1) is 0 Å². The van der Waals surface area contributed by atoms with Crippen molar-refractivity contribution in [3.8, 4) is 17.2 Å². The summed E-state index contributed by atoms with van der Waals surface area (Å²) in [5.41, 5.74) is 3.65. The summed E-state index contributed by atoms with van der Waals surface area (Å²) in [6, 6.07) is 17.2. The summed E-state index contributed by atoms with van der Waals surface area (Å²) in [5, 5.41) is 5.02. The third-order valence-electron chi connectivity index (χ3n) is 5.68. The van der Waals surface area contributed by atoms with Crippen LogP contribution in [0, 0.1) is 6.92 Å². The van der Waals surface area contributed by atoms with Crippen LogP contribution in [-0.2, 0) is 6.54 Å². The Bertz CT molecular complexity index is 1440. The average Bonchev–Trinajstić information content (AvgIpc) is 3.51. The second-order valence-electron chi connectivity index (χ2n) is 7.79. The van der Waals surface area contributed by atoms with Gasteiger partial charge in [0, 0.05) is 12.4 Å². The molecule has 1 amide bonds. The number of anilines is 1. The lowest BCUT2D eigenvalue weighted by Gasteiger charge is -2.20. The highest BCUT2D eigenvalue weighted by Crippen LogP contribution is 2.40. The quantitative estimate of drug-likeness (QED) is 0.321. The number of carbonyl (C=O) groups is 1. The van der Waals surface area contributed by atoms with Crippen molar-refractivity contribution in [2.45, 2.75) is 13.5 Å². The summed E-state index contributed by atoms with van der Waals surface area (Å²) in [6.07, 6.45) is 5.06. The first kappa shape index (κ1) is 22.5. The molecule has 5 rings (SSSR count). The lowest BCUT2D eigenvalue weighted by molar-refractivity contribution is 0.0984. The van der Waals surface area contributed by atoms with Gasteiger partial charge in [-0.05, 0) is 42.8 Å². The number of fused-ring (bicyclic) bond motifs is 1. The van der Waals surface area contributed by atoms with Crippen LogP contribution in [0.15, 0.2) is 73.2 Å². The van der Waals surface area contributed by atoms with E-state index < -0.39 is 0 Å². The Morgan fingerprint density at radius 2 is 1.77 bits per heavy atom. The zero-order chi connectivity index (χ0) is 24.4. The average molecular weight is 486 g/mol. The molecule has 3 aromatic heterocycles. The van der Waals surface area contributed by atoms with E-state index in [4.69, 9.17) is 14.5 Å². The van der Waals surface area contributed by atoms with Crippen molar-refractivity contribution in [3.63, 3.8) is 0 Å². The van der Waals surface area contributed by atoms with Crippen molar-refractivity contribution >= 4 is 32.6 Å². The molecule has 3 heterocycles. The van der Waals surface area contributed by atoms with Crippen LogP contribution in [0.2, 0.25) is 0 Å². The third-order valence-corrected chi connectivity index (χ3v) is 6.77. The van der Waals surface area contributed by atoms with Crippen LogP contribution in [0.1, 0.15) is 21.6 Å². The monoisotopic (exact) mass is 485 g/mol. The predicted octanol–water partition coefficient (Wildman–Crippen LogP) is 5.05. The number of hydrogen-bond acceptors (Lipinski definition) is 7. The van der Waals surface area contributed by atoms with E-state index in [1.165, 1.54) is 11.3 Å². The van der Waals surface area contributed by atoms with E-state index in [0.29, 0.717) is 34.3 Å². The number of ether oxygens (including phenoxy) is 2. The lowest BCUT2D eigenvalue weighted by atomic mass is 10.2. The molecule has 0 bridgehead atoms. The van der Waals surface area contributed by atoms with Gasteiger partial charge in [0.25, 0.3) is 5.91 Å². The second-order valence-corrected chi connectivity index (χ2v) is 8.77. The number of rotatable bonds is 7. The first-order valence-corrected chi connectivity index (χ1v) is 11.7. The Balaban J connectivity index is 1.61. The van der Waals surface area contributed by atoms with Crippen LogP contribution in [0.5, 0.6) is 11.5 Å². The molecule has 9 heteroatoms.